The summed E-state index contributed by atoms with van der Waals surface area (Å²) in [5.41, 5.74) is 12.1. The molecule has 0 saturated carbocycles. The van der Waals surface area contributed by atoms with Crippen molar-refractivity contribution in [1.29, 1.82) is 0 Å². The number of halogens is 2. The molecule has 0 N–H and O–H groups in total. The number of rotatable bonds is 10. The molecule has 0 spiro atoms. The van der Waals surface area contributed by atoms with Crippen molar-refractivity contribution < 1.29 is 68.2 Å². The normalized spacial score (nSPS) is 17.8. The number of allylic oxidation sites excluding steroid dienone is 8. The second-order valence-electron chi connectivity index (χ2n) is 17.8. The van der Waals surface area contributed by atoms with Crippen LogP contribution in [0, 0.1) is 23.0 Å². The zero-order valence-corrected chi connectivity index (χ0v) is 47.1. The van der Waals surface area contributed by atoms with Gasteiger partial charge in [-0.05, 0) is 48.3 Å². The van der Waals surface area contributed by atoms with Gasteiger partial charge in [0.1, 0.15) is 0 Å². The zero-order valence-electron chi connectivity index (χ0n) is 40.7. The topological polar surface area (TPSA) is 0 Å². The summed E-state index contributed by atoms with van der Waals surface area (Å²) in [5.74, 6) is 0. The van der Waals surface area contributed by atoms with Crippen molar-refractivity contribution in [2.75, 3.05) is 0 Å². The van der Waals surface area contributed by atoms with E-state index in [4.69, 9.17) is 0 Å². The maximum Gasteiger partial charge on any atom is 2.00 e. The van der Waals surface area contributed by atoms with Gasteiger partial charge in [-0.15, -0.1) is 94.5 Å². The molecule has 0 bridgehead atoms. The van der Waals surface area contributed by atoms with Crippen LogP contribution in [0.15, 0.2) is 106 Å². The average molecular weight is 956 g/mol. The van der Waals surface area contributed by atoms with Crippen LogP contribution < -0.4 is 35.4 Å². The third kappa shape index (κ3) is 15.9. The molecule has 4 aromatic rings. The smallest absolute Gasteiger partial charge is 1.00 e. The van der Waals surface area contributed by atoms with Crippen LogP contribution in [0.2, 0.25) is 0 Å². The summed E-state index contributed by atoms with van der Waals surface area (Å²) in [7, 11) is -0.0504. The molecule has 0 saturated heterocycles. The fourth-order valence-electron chi connectivity index (χ4n) is 8.05. The van der Waals surface area contributed by atoms with Crippen molar-refractivity contribution in [1.82, 2.24) is 0 Å². The summed E-state index contributed by atoms with van der Waals surface area (Å²) in [5, 5.41) is 8.85. The fourth-order valence-corrected chi connectivity index (χ4v) is 14.6. The molecule has 2 aliphatic rings. The largest absolute Gasteiger partial charge is 2.00 e. The van der Waals surface area contributed by atoms with E-state index < -0.39 is 0 Å². The molecule has 4 aromatic carbocycles. The molecule has 328 valence electrons. The van der Waals surface area contributed by atoms with Crippen LogP contribution in [0.3, 0.4) is 0 Å². The van der Waals surface area contributed by atoms with Gasteiger partial charge in [-0.2, -0.15) is 34.4 Å². The van der Waals surface area contributed by atoms with Gasteiger partial charge in [0.2, 0.25) is 0 Å². The SMILES string of the molecule is CC1=[C-]C(C)(C)C(C)=C1C.CC1=[C-]C(C)(C)C(C)=C1C.CCC(C)P(c1cc2ccccc2[cH-]1)C(C)CC.CCC(C)P(c1cc2ccccc2[cH-]1)C(C)CC.[Cl-].[Cl-].[Ti+2].[Ti+2]. The molecule has 0 aliphatic heterocycles. The van der Waals surface area contributed by atoms with Crippen molar-refractivity contribution in [3.8, 4) is 0 Å². The monoisotopic (exact) mass is 954 g/mol. The minimum Gasteiger partial charge on any atom is -1.00 e. The van der Waals surface area contributed by atoms with Crippen LogP contribution in [0.4, 0.5) is 0 Å². The maximum absolute atomic E-state index is 3.44. The summed E-state index contributed by atoms with van der Waals surface area (Å²) in [6.07, 6.45) is 12.0. The molecule has 2 aliphatic carbocycles. The van der Waals surface area contributed by atoms with E-state index in [1.807, 2.05) is 0 Å². The standard InChI is InChI=1S/2C17H24P.2C10H15.2ClH.2Ti/c2*1-5-13(3)18(14(4)6-2)17-11-15-9-7-8-10-16(15)12-17;2*1-7-6-10(4,5)9(3)8(7)2;;;;/h2*7-14H,5-6H2,1-4H3;2*1-5H3;2*1H;;/q4*-1;;;2*+2/p-2. The third-order valence-electron chi connectivity index (χ3n) is 13.2. The first-order valence-corrected chi connectivity index (χ1v) is 24.7. The van der Waals surface area contributed by atoms with Crippen molar-refractivity contribution in [2.24, 2.45) is 10.8 Å². The Labute approximate surface area is 415 Å². The first-order valence-electron chi connectivity index (χ1n) is 21.7. The van der Waals surface area contributed by atoms with E-state index >= 15 is 0 Å². The Hall–Kier alpha value is -0.511. The summed E-state index contributed by atoms with van der Waals surface area (Å²) in [6, 6.07) is 27.2. The van der Waals surface area contributed by atoms with Gasteiger partial charge in [0, 0.05) is 0 Å². The predicted molar refractivity (Wildman–Crippen MR) is 260 cm³/mol. The maximum atomic E-state index is 3.44. The van der Waals surface area contributed by atoms with Gasteiger partial charge in [-0.1, -0.05) is 150 Å². The van der Waals surface area contributed by atoms with Crippen LogP contribution in [-0.4, -0.2) is 22.6 Å². The van der Waals surface area contributed by atoms with E-state index in [2.05, 4.69) is 210 Å². The van der Waals surface area contributed by atoms with E-state index in [0.29, 0.717) is 0 Å². The van der Waals surface area contributed by atoms with Crippen LogP contribution in [0.1, 0.15) is 150 Å². The quantitative estimate of drug-likeness (QED) is 0.0844. The average Bonchev–Trinajstić information content (AvgIpc) is 3.88. The third-order valence-corrected chi connectivity index (χ3v) is 20.2. The number of benzene rings is 2. The molecule has 0 heterocycles. The Morgan fingerprint density at radius 1 is 0.500 bits per heavy atom. The summed E-state index contributed by atoms with van der Waals surface area (Å²) in [4.78, 5) is 0. The minimum atomic E-state index is -0.0252. The van der Waals surface area contributed by atoms with Crippen LogP contribution in [-0.2, 0) is 43.4 Å². The van der Waals surface area contributed by atoms with E-state index in [1.54, 1.807) is 10.6 Å². The molecule has 0 fully saturated rings. The van der Waals surface area contributed by atoms with Gasteiger partial charge in [0.05, 0.1) is 0 Å². The van der Waals surface area contributed by atoms with Crippen LogP contribution >= 0.6 is 15.8 Å². The summed E-state index contributed by atoms with van der Waals surface area (Å²) in [6.45, 7) is 40.8. The Kier molecular flexibility index (Phi) is 28.5. The molecule has 6 heteroatoms. The summed E-state index contributed by atoms with van der Waals surface area (Å²) >= 11 is 0. The van der Waals surface area contributed by atoms with Crippen molar-refractivity contribution in [2.45, 2.75) is 173 Å². The molecular formula is C54H78Cl2P2Ti2-2. The van der Waals surface area contributed by atoms with E-state index in [1.165, 1.54) is 80.7 Å². The first-order chi connectivity index (χ1) is 26.2. The van der Waals surface area contributed by atoms with Crippen molar-refractivity contribution >= 4 is 48.0 Å². The van der Waals surface area contributed by atoms with Gasteiger partial charge < -0.3 is 24.8 Å². The van der Waals surface area contributed by atoms with Gasteiger partial charge in [-0.25, -0.2) is 11.1 Å². The van der Waals surface area contributed by atoms with Crippen LogP contribution in [0.5, 0.6) is 0 Å². The zero-order chi connectivity index (χ0) is 42.1. The summed E-state index contributed by atoms with van der Waals surface area (Å²) < 4.78 is 0. The second kappa shape index (κ2) is 27.7. The Morgan fingerprint density at radius 2 is 0.767 bits per heavy atom. The van der Waals surface area contributed by atoms with Gasteiger partial charge in [0.15, 0.2) is 0 Å². The molecule has 0 nitrogen and oxygen atoms in total. The molecule has 60 heavy (non-hydrogen) atoms. The van der Waals surface area contributed by atoms with Crippen molar-refractivity contribution in [3.05, 3.63) is 118 Å². The first kappa shape index (κ1) is 61.6. The predicted octanol–water partition coefficient (Wildman–Crippen LogP) is 10.8. The second-order valence-corrected chi connectivity index (χ2v) is 24.0. The van der Waals surface area contributed by atoms with Gasteiger partial charge in [0.25, 0.3) is 0 Å². The number of hydrogen-bond acceptors (Lipinski definition) is 0. The molecule has 0 aromatic heterocycles. The number of fused-ring (bicyclic) bond motifs is 2. The van der Waals surface area contributed by atoms with Gasteiger partial charge in [-0.3, -0.25) is 12.2 Å². The molecule has 4 unspecified atom stereocenters. The van der Waals surface area contributed by atoms with Crippen molar-refractivity contribution in [3.63, 3.8) is 0 Å². The van der Waals surface area contributed by atoms with E-state index in [-0.39, 0.29) is 94.9 Å². The van der Waals surface area contributed by atoms with Crippen LogP contribution in [0.25, 0.3) is 21.5 Å². The van der Waals surface area contributed by atoms with E-state index in [9.17, 15) is 0 Å². The molecule has 4 atom stereocenters. The van der Waals surface area contributed by atoms with Gasteiger partial charge >= 0.3 is 43.4 Å². The molecule has 6 rings (SSSR count). The Morgan fingerprint density at radius 3 is 0.950 bits per heavy atom. The number of hydrogen-bond donors (Lipinski definition) is 0. The molecule has 0 radical (unpaired) electrons. The molecule has 0 amide bonds. The molecular weight excluding hydrogens is 877 g/mol. The Bertz CT molecular complexity index is 1780. The van der Waals surface area contributed by atoms with E-state index in [0.717, 1.165) is 22.6 Å². The minimum absolute atomic E-state index is 0. The fraction of sp³-hybridized carbons (Fsp3) is 0.519. The Balaban J connectivity index is 0.